The van der Waals surface area contributed by atoms with E-state index in [1.807, 2.05) is 10.3 Å². The van der Waals surface area contributed by atoms with Crippen molar-refractivity contribution >= 4 is 23.2 Å². The normalized spacial score (nSPS) is 25.8. The Labute approximate surface area is 189 Å². The molecule has 2 aliphatic heterocycles. The number of rotatable bonds is 3. The fourth-order valence-electron chi connectivity index (χ4n) is 6.06. The molecule has 0 aromatic carbocycles. The molecule has 0 spiro atoms. The number of hydrogen-bond donors (Lipinski definition) is 0. The molecule has 1 saturated carbocycles. The van der Waals surface area contributed by atoms with Gasteiger partial charge in [-0.3, -0.25) is 9.59 Å². The minimum Gasteiger partial charge on any atom is -0.342 e. The first-order chi connectivity index (χ1) is 15.2. The zero-order chi connectivity index (χ0) is 21.2. The van der Waals surface area contributed by atoms with Crippen molar-refractivity contribution in [1.29, 1.82) is 0 Å². The van der Waals surface area contributed by atoms with Crippen molar-refractivity contribution in [3.05, 3.63) is 27.9 Å². The predicted molar refractivity (Wildman–Crippen MR) is 123 cm³/mol. The molecular weight excluding hydrogens is 406 g/mol. The van der Waals surface area contributed by atoms with Gasteiger partial charge in [0.15, 0.2) is 0 Å². The fourth-order valence-corrected chi connectivity index (χ4v) is 7.03. The summed E-state index contributed by atoms with van der Waals surface area (Å²) in [6.45, 7) is 2.50. The van der Waals surface area contributed by atoms with Crippen LogP contribution in [-0.2, 0) is 4.79 Å². The van der Waals surface area contributed by atoms with Gasteiger partial charge in [0.05, 0.1) is 5.01 Å². The summed E-state index contributed by atoms with van der Waals surface area (Å²) in [5.74, 6) is 1.68. The van der Waals surface area contributed by atoms with Gasteiger partial charge in [0.25, 0.3) is 5.91 Å². The molecule has 0 bridgehead atoms. The Hall–Kier alpha value is -1.69. The van der Waals surface area contributed by atoms with E-state index in [-0.39, 0.29) is 11.8 Å². The Morgan fingerprint density at radius 3 is 2.45 bits per heavy atom. The summed E-state index contributed by atoms with van der Waals surface area (Å²) in [7, 11) is 0. The van der Waals surface area contributed by atoms with E-state index in [4.69, 9.17) is 4.98 Å². The Kier molecular flexibility index (Phi) is 6.44. The summed E-state index contributed by atoms with van der Waals surface area (Å²) in [6.07, 6.45) is 15.9. The molecule has 5 rings (SSSR count). The molecule has 2 aliphatic carbocycles. The second-order valence-electron chi connectivity index (χ2n) is 9.86. The molecule has 1 aromatic rings. The number of fused-ring (bicyclic) bond motifs is 1. The average Bonchev–Trinajstić information content (AvgIpc) is 3.34. The van der Waals surface area contributed by atoms with Crippen LogP contribution in [0.5, 0.6) is 0 Å². The van der Waals surface area contributed by atoms with Crippen LogP contribution < -0.4 is 0 Å². The van der Waals surface area contributed by atoms with Gasteiger partial charge in [0, 0.05) is 42.5 Å². The summed E-state index contributed by atoms with van der Waals surface area (Å²) < 4.78 is 0. The molecule has 0 radical (unpaired) electrons. The number of piperidine rings is 2. The lowest BCUT2D eigenvalue weighted by atomic mass is 9.85. The Balaban J connectivity index is 1.20. The highest BCUT2D eigenvalue weighted by atomic mass is 32.1. The molecule has 1 aromatic heterocycles. The van der Waals surface area contributed by atoms with Gasteiger partial charge in [-0.05, 0) is 63.7 Å². The largest absolute Gasteiger partial charge is 0.342 e. The predicted octanol–water partition coefficient (Wildman–Crippen LogP) is 5.35. The number of amides is 2. The van der Waals surface area contributed by atoms with Gasteiger partial charge >= 0.3 is 0 Å². The van der Waals surface area contributed by atoms with Crippen LogP contribution in [0.4, 0.5) is 0 Å². The number of thiazole rings is 1. The first kappa shape index (κ1) is 21.2. The van der Waals surface area contributed by atoms with Crippen molar-refractivity contribution < 1.29 is 9.59 Å². The smallest absolute Gasteiger partial charge is 0.277 e. The number of hydrogen-bond acceptors (Lipinski definition) is 4. The van der Waals surface area contributed by atoms with Gasteiger partial charge in [-0.15, -0.1) is 11.3 Å². The third kappa shape index (κ3) is 4.46. The molecular formula is C25H35N3O2S. The van der Waals surface area contributed by atoms with Crippen LogP contribution in [0.3, 0.4) is 0 Å². The number of allylic oxidation sites excluding steroid dienone is 2. The fraction of sp³-hybridized carbons (Fsp3) is 0.720. The van der Waals surface area contributed by atoms with E-state index in [2.05, 4.69) is 11.0 Å². The van der Waals surface area contributed by atoms with E-state index in [1.165, 1.54) is 44.2 Å². The highest BCUT2D eigenvalue weighted by Gasteiger charge is 2.33. The maximum absolute atomic E-state index is 13.2. The van der Waals surface area contributed by atoms with Gasteiger partial charge in [-0.25, -0.2) is 4.98 Å². The van der Waals surface area contributed by atoms with Crippen molar-refractivity contribution in [2.75, 3.05) is 19.6 Å². The minimum absolute atomic E-state index is 0.0882. The van der Waals surface area contributed by atoms with Gasteiger partial charge in [0.2, 0.25) is 5.91 Å². The maximum atomic E-state index is 13.2. The second kappa shape index (κ2) is 9.43. The Morgan fingerprint density at radius 1 is 0.871 bits per heavy atom. The van der Waals surface area contributed by atoms with E-state index >= 15 is 0 Å². The van der Waals surface area contributed by atoms with Crippen LogP contribution in [0.25, 0.3) is 0 Å². The molecule has 168 valence electrons. The lowest BCUT2D eigenvalue weighted by Gasteiger charge is -2.37. The zero-order valence-corrected chi connectivity index (χ0v) is 19.4. The number of aromatic nitrogens is 1. The third-order valence-corrected chi connectivity index (χ3v) is 8.88. The van der Waals surface area contributed by atoms with E-state index < -0.39 is 0 Å². The van der Waals surface area contributed by atoms with Crippen LogP contribution in [-0.4, -0.2) is 46.2 Å². The average molecular weight is 442 g/mol. The third-order valence-electron chi connectivity index (χ3n) is 7.87. The Bertz CT molecular complexity index is 834. The van der Waals surface area contributed by atoms with Crippen LogP contribution in [0.15, 0.2) is 17.2 Å². The molecule has 3 heterocycles. The van der Waals surface area contributed by atoms with Crippen molar-refractivity contribution in [1.82, 2.24) is 14.8 Å². The van der Waals surface area contributed by atoms with E-state index in [9.17, 15) is 9.59 Å². The van der Waals surface area contributed by atoms with E-state index in [0.29, 0.717) is 23.4 Å². The Morgan fingerprint density at radius 2 is 1.65 bits per heavy atom. The summed E-state index contributed by atoms with van der Waals surface area (Å²) in [6, 6.07) is 0. The van der Waals surface area contributed by atoms with Gasteiger partial charge in [-0.2, -0.15) is 0 Å². The van der Waals surface area contributed by atoms with Gasteiger partial charge in [0.1, 0.15) is 5.69 Å². The summed E-state index contributed by atoms with van der Waals surface area (Å²) in [5.41, 5.74) is 1.87. The topological polar surface area (TPSA) is 53.5 Å². The lowest BCUT2D eigenvalue weighted by Crippen LogP contribution is -2.42. The zero-order valence-electron chi connectivity index (χ0n) is 18.6. The summed E-state index contributed by atoms with van der Waals surface area (Å²) in [4.78, 5) is 35.0. The summed E-state index contributed by atoms with van der Waals surface area (Å²) in [5, 5.41) is 3.05. The number of likely N-dealkylation sites (tertiary alicyclic amines) is 2. The van der Waals surface area contributed by atoms with Crippen molar-refractivity contribution in [2.45, 2.75) is 83.0 Å². The lowest BCUT2D eigenvalue weighted by molar-refractivity contribution is -0.137. The molecule has 5 nitrogen and oxygen atoms in total. The van der Waals surface area contributed by atoms with Crippen LogP contribution in [0, 0.1) is 11.8 Å². The monoisotopic (exact) mass is 441 g/mol. The SMILES string of the molecule is O=C(C1CCCCC1)N1CCC(c2nc(C(=O)N3CCCC4CCCC=C43)cs2)CC1. The van der Waals surface area contributed by atoms with Crippen LogP contribution in [0.2, 0.25) is 0 Å². The molecule has 1 unspecified atom stereocenters. The molecule has 2 amide bonds. The summed E-state index contributed by atoms with van der Waals surface area (Å²) >= 11 is 1.63. The van der Waals surface area contributed by atoms with Crippen molar-refractivity contribution in [2.24, 2.45) is 11.8 Å². The van der Waals surface area contributed by atoms with E-state index in [1.54, 1.807) is 11.3 Å². The van der Waals surface area contributed by atoms with Crippen molar-refractivity contribution in [3.63, 3.8) is 0 Å². The number of carbonyl (C=O) groups excluding carboxylic acids is 2. The molecule has 2 saturated heterocycles. The number of nitrogens with zero attached hydrogens (tertiary/aromatic N) is 3. The van der Waals surface area contributed by atoms with Crippen LogP contribution in [0.1, 0.15) is 98.5 Å². The van der Waals surface area contributed by atoms with Gasteiger partial charge in [-0.1, -0.05) is 25.3 Å². The molecule has 3 fully saturated rings. The highest BCUT2D eigenvalue weighted by Crippen LogP contribution is 2.37. The number of carbonyl (C=O) groups is 2. The highest BCUT2D eigenvalue weighted by molar-refractivity contribution is 7.09. The standard InChI is InChI=1S/C25H35N3O2S/c29-24(20-8-2-1-3-9-20)27-15-12-19(13-16-27)23-26-21(17-31-23)25(30)28-14-6-10-18-7-4-5-11-22(18)28/h11,17-20H,1-10,12-16H2. The van der Waals surface area contributed by atoms with Gasteiger partial charge < -0.3 is 9.80 Å². The first-order valence-electron chi connectivity index (χ1n) is 12.5. The minimum atomic E-state index is 0.0882. The van der Waals surface area contributed by atoms with E-state index in [0.717, 1.165) is 63.2 Å². The molecule has 0 N–H and O–H groups in total. The molecule has 4 aliphatic rings. The first-order valence-corrected chi connectivity index (χ1v) is 13.3. The van der Waals surface area contributed by atoms with Crippen molar-refractivity contribution in [3.8, 4) is 0 Å². The quantitative estimate of drug-likeness (QED) is 0.635. The second-order valence-corrected chi connectivity index (χ2v) is 10.8. The van der Waals surface area contributed by atoms with Crippen LogP contribution >= 0.6 is 11.3 Å². The molecule has 6 heteroatoms. The molecule has 31 heavy (non-hydrogen) atoms. The molecule has 1 atom stereocenters. The maximum Gasteiger partial charge on any atom is 0.277 e.